The number of nitrogens with zero attached hydrogens (tertiary/aromatic N) is 1. The highest BCUT2D eigenvalue weighted by Gasteiger charge is 2.16. The Morgan fingerprint density at radius 1 is 0.755 bits per heavy atom. The number of hydrogen-bond acceptors (Lipinski definition) is 8. The number of thioether (sulfide) groups is 1. The number of amides is 3. The van der Waals surface area contributed by atoms with E-state index in [0.29, 0.717) is 40.9 Å². The van der Waals surface area contributed by atoms with Crippen LogP contribution in [0.1, 0.15) is 28.4 Å². The molecule has 0 spiro atoms. The maximum absolute atomic E-state index is 13.5. The van der Waals surface area contributed by atoms with Gasteiger partial charge >= 0.3 is 0 Å². The molecule has 3 amide bonds. The van der Waals surface area contributed by atoms with E-state index < -0.39 is 11.8 Å². The van der Waals surface area contributed by atoms with Crippen LogP contribution in [0.5, 0.6) is 11.5 Å². The number of carbonyl (C=O) groups is 3. The average molecular weight is 741 g/mol. The van der Waals surface area contributed by atoms with Gasteiger partial charge in [-0.3, -0.25) is 14.4 Å². The highest BCUT2D eigenvalue weighted by molar-refractivity contribution is 8.00. The second-order valence-corrected chi connectivity index (χ2v) is 13.4. The predicted molar refractivity (Wildman–Crippen MR) is 212 cm³/mol. The van der Waals surface area contributed by atoms with Crippen molar-refractivity contribution in [1.82, 2.24) is 10.3 Å². The molecule has 0 saturated carbocycles. The molecule has 9 nitrogen and oxygen atoms in total. The smallest absolute Gasteiger partial charge is 0.272 e. The van der Waals surface area contributed by atoms with Gasteiger partial charge in [-0.1, -0.05) is 60.7 Å². The highest BCUT2D eigenvalue weighted by Crippen LogP contribution is 2.27. The molecule has 6 rings (SSSR count). The fourth-order valence-corrected chi connectivity index (χ4v) is 6.43. The van der Waals surface area contributed by atoms with Gasteiger partial charge in [0.1, 0.15) is 23.8 Å². The standard InChI is InChI=1S/C42H36N4O5S2/c1-2-50-34-21-15-31(16-22-34)38-27-53-42(45-38)46-39(47)28-52-36-23-17-33(18-24-36)43-41(49)37(44-40(48)32-11-7-4-8-12-32)25-29-13-19-35(20-14-29)51-26-30-9-5-3-6-10-30/h3-25,27H,2,26,28H2,1H3,(H,43,49)(H,44,48)(H,45,46,47)/b37-25-. The molecule has 3 N–H and O–H groups in total. The van der Waals surface area contributed by atoms with Crippen molar-refractivity contribution in [3.63, 3.8) is 0 Å². The molecule has 5 aromatic carbocycles. The number of ether oxygens (including phenoxy) is 2. The van der Waals surface area contributed by atoms with E-state index in [1.54, 1.807) is 42.5 Å². The van der Waals surface area contributed by atoms with Crippen LogP contribution < -0.4 is 25.4 Å². The van der Waals surface area contributed by atoms with E-state index in [9.17, 15) is 14.4 Å². The Morgan fingerprint density at radius 3 is 2.11 bits per heavy atom. The van der Waals surface area contributed by atoms with E-state index >= 15 is 0 Å². The van der Waals surface area contributed by atoms with Gasteiger partial charge in [0.15, 0.2) is 5.13 Å². The van der Waals surface area contributed by atoms with Crippen LogP contribution in [0, 0.1) is 0 Å². The molecule has 1 aromatic heterocycles. The third-order valence-corrected chi connectivity index (χ3v) is 9.43. The van der Waals surface area contributed by atoms with Crippen LogP contribution in [0.2, 0.25) is 0 Å². The van der Waals surface area contributed by atoms with Gasteiger partial charge < -0.3 is 25.4 Å². The van der Waals surface area contributed by atoms with Crippen molar-refractivity contribution in [2.24, 2.45) is 0 Å². The number of hydrogen-bond donors (Lipinski definition) is 3. The number of aromatic nitrogens is 1. The third-order valence-electron chi connectivity index (χ3n) is 7.66. The molecule has 0 fully saturated rings. The van der Waals surface area contributed by atoms with E-state index in [-0.39, 0.29) is 17.4 Å². The summed E-state index contributed by atoms with van der Waals surface area (Å²) in [5.74, 6) is 0.567. The summed E-state index contributed by atoms with van der Waals surface area (Å²) in [5.41, 5.74) is 4.48. The predicted octanol–water partition coefficient (Wildman–Crippen LogP) is 8.93. The zero-order valence-electron chi connectivity index (χ0n) is 28.8. The van der Waals surface area contributed by atoms with Gasteiger partial charge in [-0.2, -0.15) is 0 Å². The summed E-state index contributed by atoms with van der Waals surface area (Å²) in [5, 5.41) is 10.9. The second-order valence-electron chi connectivity index (χ2n) is 11.5. The molecule has 266 valence electrons. The molecule has 0 saturated heterocycles. The molecule has 0 atom stereocenters. The van der Waals surface area contributed by atoms with Crippen LogP contribution in [0.25, 0.3) is 17.3 Å². The van der Waals surface area contributed by atoms with E-state index in [4.69, 9.17) is 9.47 Å². The Morgan fingerprint density at radius 2 is 1.42 bits per heavy atom. The first-order valence-corrected chi connectivity index (χ1v) is 18.7. The number of anilines is 2. The van der Waals surface area contributed by atoms with Gasteiger partial charge in [0, 0.05) is 27.1 Å². The molecular weight excluding hydrogens is 705 g/mol. The minimum atomic E-state index is -0.494. The van der Waals surface area contributed by atoms with Crippen molar-refractivity contribution in [2.75, 3.05) is 23.0 Å². The molecule has 0 radical (unpaired) electrons. The zero-order valence-corrected chi connectivity index (χ0v) is 30.4. The van der Waals surface area contributed by atoms with Crippen molar-refractivity contribution in [2.45, 2.75) is 18.4 Å². The number of rotatable bonds is 15. The Labute approximate surface area is 316 Å². The van der Waals surface area contributed by atoms with E-state index in [0.717, 1.165) is 27.5 Å². The summed E-state index contributed by atoms with van der Waals surface area (Å²) >= 11 is 2.72. The van der Waals surface area contributed by atoms with Crippen LogP contribution in [0.15, 0.2) is 149 Å². The van der Waals surface area contributed by atoms with Gasteiger partial charge in [0.05, 0.1) is 18.1 Å². The van der Waals surface area contributed by atoms with Crippen molar-refractivity contribution < 1.29 is 23.9 Å². The Hall–Kier alpha value is -6.17. The van der Waals surface area contributed by atoms with Gasteiger partial charge in [0.25, 0.3) is 11.8 Å². The van der Waals surface area contributed by atoms with Gasteiger partial charge in [0.2, 0.25) is 5.91 Å². The van der Waals surface area contributed by atoms with E-state index in [1.165, 1.54) is 23.1 Å². The number of carbonyl (C=O) groups excluding carboxylic acids is 3. The molecule has 53 heavy (non-hydrogen) atoms. The van der Waals surface area contributed by atoms with Crippen LogP contribution in [0.4, 0.5) is 10.8 Å². The van der Waals surface area contributed by atoms with Crippen molar-refractivity contribution in [3.05, 3.63) is 161 Å². The molecule has 0 aliphatic carbocycles. The number of thiazole rings is 1. The first kappa shape index (κ1) is 36.6. The highest BCUT2D eigenvalue weighted by atomic mass is 32.2. The lowest BCUT2D eigenvalue weighted by Crippen LogP contribution is -2.30. The fourth-order valence-electron chi connectivity index (χ4n) is 5.00. The van der Waals surface area contributed by atoms with Crippen LogP contribution in [0.3, 0.4) is 0 Å². The molecule has 0 aliphatic heterocycles. The van der Waals surface area contributed by atoms with E-state index in [1.807, 2.05) is 109 Å². The average Bonchev–Trinajstić information content (AvgIpc) is 3.66. The van der Waals surface area contributed by atoms with Gasteiger partial charge in [-0.15, -0.1) is 23.1 Å². The summed E-state index contributed by atoms with van der Waals surface area (Å²) in [6.07, 6.45) is 1.61. The second kappa shape index (κ2) is 18.4. The molecule has 0 aliphatic rings. The third kappa shape index (κ3) is 10.9. The van der Waals surface area contributed by atoms with Crippen molar-refractivity contribution >= 4 is 57.7 Å². The maximum atomic E-state index is 13.5. The number of nitrogens with one attached hydrogen (secondary N) is 3. The Bertz CT molecular complexity index is 2150. The topological polar surface area (TPSA) is 119 Å². The minimum Gasteiger partial charge on any atom is -0.494 e. The van der Waals surface area contributed by atoms with Gasteiger partial charge in [-0.25, -0.2) is 4.98 Å². The summed E-state index contributed by atoms with van der Waals surface area (Å²) < 4.78 is 11.4. The molecule has 0 bridgehead atoms. The maximum Gasteiger partial charge on any atom is 0.272 e. The summed E-state index contributed by atoms with van der Waals surface area (Å²) in [6.45, 7) is 2.97. The number of benzene rings is 5. The van der Waals surface area contributed by atoms with Crippen molar-refractivity contribution in [3.8, 4) is 22.8 Å². The minimum absolute atomic E-state index is 0.0693. The first-order chi connectivity index (χ1) is 25.9. The van der Waals surface area contributed by atoms with Crippen LogP contribution in [-0.2, 0) is 16.2 Å². The summed E-state index contributed by atoms with van der Waals surface area (Å²) in [4.78, 5) is 44.7. The van der Waals surface area contributed by atoms with Crippen LogP contribution in [-0.4, -0.2) is 35.1 Å². The largest absolute Gasteiger partial charge is 0.494 e. The lowest BCUT2D eigenvalue weighted by Gasteiger charge is -2.12. The molecular formula is C42H36N4O5S2. The van der Waals surface area contributed by atoms with Gasteiger partial charge in [-0.05, 0) is 96.9 Å². The molecule has 0 unspecified atom stereocenters. The SMILES string of the molecule is CCOc1ccc(-c2csc(NC(=O)CSc3ccc(NC(=O)/C(=C/c4ccc(OCc5ccccc5)cc4)NC(=O)c4ccccc4)cc3)n2)cc1. The lowest BCUT2D eigenvalue weighted by molar-refractivity contribution is -0.114. The summed E-state index contributed by atoms with van der Waals surface area (Å²) in [6, 6.07) is 40.6. The lowest BCUT2D eigenvalue weighted by atomic mass is 10.1. The molecule has 11 heteroatoms. The first-order valence-electron chi connectivity index (χ1n) is 16.8. The molecule has 1 heterocycles. The Kier molecular flexibility index (Phi) is 12.7. The Balaban J connectivity index is 1.05. The van der Waals surface area contributed by atoms with Crippen LogP contribution >= 0.6 is 23.1 Å². The normalized spacial score (nSPS) is 11.0. The van der Waals surface area contributed by atoms with E-state index in [2.05, 4.69) is 20.9 Å². The summed E-state index contributed by atoms with van der Waals surface area (Å²) in [7, 11) is 0. The van der Waals surface area contributed by atoms with Crippen molar-refractivity contribution in [1.29, 1.82) is 0 Å². The molecule has 6 aromatic rings. The zero-order chi connectivity index (χ0) is 36.8. The fraction of sp³-hybridized carbons (Fsp3) is 0.0952. The quantitative estimate of drug-likeness (QED) is 0.0711. The monoisotopic (exact) mass is 740 g/mol.